The lowest BCUT2D eigenvalue weighted by Gasteiger charge is -2.12. The number of amides is 1. The smallest absolute Gasteiger partial charge is 0.250 e. The summed E-state index contributed by atoms with van der Waals surface area (Å²) < 4.78 is 25.8. The number of aliphatic imine (C=N–C) groups is 1. The largest absolute Gasteiger partial charge is 0.273 e. The molecule has 0 radical (unpaired) electrons. The topological polar surface area (TPSA) is 75.9 Å². The van der Waals surface area contributed by atoms with Gasteiger partial charge < -0.3 is 0 Å². The Kier molecular flexibility index (Phi) is 3.77. The van der Waals surface area contributed by atoms with Crippen molar-refractivity contribution in [3.8, 4) is 0 Å². The molecule has 17 heavy (non-hydrogen) atoms. The maximum atomic E-state index is 11.1. The molecule has 5 nitrogen and oxygen atoms in total. The van der Waals surface area contributed by atoms with E-state index in [0.717, 1.165) is 11.8 Å². The number of sulfonamides is 1. The second-order valence-electron chi connectivity index (χ2n) is 3.81. The summed E-state index contributed by atoms with van der Waals surface area (Å²) in [6.45, 7) is 4.89. The summed E-state index contributed by atoms with van der Waals surface area (Å²) in [6, 6.07) is 0. The predicted molar refractivity (Wildman–Crippen MR) is 67.9 cm³/mol. The molecule has 1 amide bonds. The van der Waals surface area contributed by atoms with Gasteiger partial charge in [-0.2, -0.15) is 4.40 Å². The predicted octanol–water partition coefficient (Wildman–Crippen LogP) is 1.28. The molecule has 0 N–H and O–H groups in total. The fourth-order valence-electron chi connectivity index (χ4n) is 1.36. The fraction of sp³-hybridized carbons (Fsp3) is 0.364. The first-order valence-corrected chi connectivity index (χ1v) is 6.81. The van der Waals surface area contributed by atoms with E-state index in [1.54, 1.807) is 26.0 Å². The van der Waals surface area contributed by atoms with Gasteiger partial charge in [0.2, 0.25) is 5.91 Å². The molecule has 0 aromatic carbocycles. The fourth-order valence-corrected chi connectivity index (χ4v) is 1.92. The van der Waals surface area contributed by atoms with Gasteiger partial charge in [0, 0.05) is 6.92 Å². The van der Waals surface area contributed by atoms with E-state index in [-0.39, 0.29) is 5.91 Å². The standard InChI is InChI=1S/C11H14N2O3S/c1-7-8(2)11(13-17(4,15)16)6-5-10(7)12-9(3)14/h5-6H,1-4H3/b12-10?,13-11-. The number of hydrogen-bond donors (Lipinski definition) is 0. The van der Waals surface area contributed by atoms with Crippen molar-refractivity contribution in [2.45, 2.75) is 20.8 Å². The van der Waals surface area contributed by atoms with Crippen LogP contribution in [0.3, 0.4) is 0 Å². The third kappa shape index (κ3) is 3.74. The number of allylic oxidation sites excluding steroid dienone is 4. The summed E-state index contributed by atoms with van der Waals surface area (Å²) in [7, 11) is -3.42. The van der Waals surface area contributed by atoms with Crippen LogP contribution in [0.4, 0.5) is 0 Å². The zero-order chi connectivity index (χ0) is 13.2. The Morgan fingerprint density at radius 1 is 1.12 bits per heavy atom. The second kappa shape index (κ2) is 4.75. The van der Waals surface area contributed by atoms with E-state index in [4.69, 9.17) is 0 Å². The highest BCUT2D eigenvalue weighted by molar-refractivity contribution is 7.89. The van der Waals surface area contributed by atoms with E-state index in [1.807, 2.05) is 0 Å². The van der Waals surface area contributed by atoms with Crippen LogP contribution in [0.2, 0.25) is 0 Å². The Hall–Kier alpha value is -1.56. The molecule has 6 heteroatoms. The van der Waals surface area contributed by atoms with Gasteiger partial charge in [0.15, 0.2) is 0 Å². The van der Waals surface area contributed by atoms with E-state index >= 15 is 0 Å². The molecule has 92 valence electrons. The van der Waals surface area contributed by atoms with Gasteiger partial charge in [0.05, 0.1) is 17.7 Å². The summed E-state index contributed by atoms with van der Waals surface area (Å²) in [4.78, 5) is 14.7. The number of carbonyl (C=O) groups excluding carboxylic acids is 1. The van der Waals surface area contributed by atoms with Crippen LogP contribution in [0.5, 0.6) is 0 Å². The van der Waals surface area contributed by atoms with E-state index in [0.29, 0.717) is 17.0 Å². The van der Waals surface area contributed by atoms with Crippen LogP contribution < -0.4 is 0 Å². The molecule has 0 aromatic rings. The van der Waals surface area contributed by atoms with Crippen molar-refractivity contribution in [2.75, 3.05) is 6.26 Å². The molecule has 0 aliphatic heterocycles. The van der Waals surface area contributed by atoms with E-state index in [9.17, 15) is 13.2 Å². The Bertz CT molecular complexity index is 578. The van der Waals surface area contributed by atoms with Crippen LogP contribution in [-0.2, 0) is 14.8 Å². The molecule has 1 rings (SSSR count). The van der Waals surface area contributed by atoms with Gasteiger partial charge in [-0.3, -0.25) is 4.79 Å². The third-order valence-corrected chi connectivity index (χ3v) is 2.80. The van der Waals surface area contributed by atoms with Crippen molar-refractivity contribution in [3.63, 3.8) is 0 Å². The molecular weight excluding hydrogens is 240 g/mol. The quantitative estimate of drug-likeness (QED) is 0.661. The molecule has 0 unspecified atom stereocenters. The molecule has 0 heterocycles. The van der Waals surface area contributed by atoms with Crippen LogP contribution in [0.25, 0.3) is 0 Å². The van der Waals surface area contributed by atoms with Gasteiger partial charge in [-0.15, -0.1) is 0 Å². The second-order valence-corrected chi connectivity index (χ2v) is 5.46. The minimum Gasteiger partial charge on any atom is -0.273 e. The maximum absolute atomic E-state index is 11.1. The molecule has 0 fully saturated rings. The van der Waals surface area contributed by atoms with Crippen LogP contribution in [0.15, 0.2) is 32.7 Å². The Morgan fingerprint density at radius 3 is 2.06 bits per heavy atom. The van der Waals surface area contributed by atoms with Gasteiger partial charge in [-0.05, 0) is 37.1 Å². The first kappa shape index (κ1) is 13.5. The summed E-state index contributed by atoms with van der Waals surface area (Å²) in [5.74, 6) is -0.291. The average molecular weight is 254 g/mol. The summed E-state index contributed by atoms with van der Waals surface area (Å²) in [5.41, 5.74) is 2.39. The molecule has 0 aromatic heterocycles. The third-order valence-electron chi connectivity index (χ3n) is 2.27. The minimum absolute atomic E-state index is 0.291. The highest BCUT2D eigenvalue weighted by atomic mass is 32.2. The number of rotatable bonds is 1. The zero-order valence-corrected chi connectivity index (χ0v) is 11.0. The van der Waals surface area contributed by atoms with Crippen LogP contribution in [0.1, 0.15) is 20.8 Å². The maximum Gasteiger partial charge on any atom is 0.250 e. The number of carbonyl (C=O) groups is 1. The summed E-state index contributed by atoms with van der Waals surface area (Å²) in [6.07, 6.45) is 4.18. The Labute approximate surface area is 101 Å². The molecule has 0 saturated heterocycles. The normalized spacial score (nSPS) is 21.4. The Morgan fingerprint density at radius 2 is 1.59 bits per heavy atom. The van der Waals surface area contributed by atoms with Gasteiger partial charge in [0.25, 0.3) is 10.0 Å². The lowest BCUT2D eigenvalue weighted by Crippen LogP contribution is -2.13. The number of nitrogens with zero attached hydrogens (tertiary/aromatic N) is 2. The van der Waals surface area contributed by atoms with E-state index in [2.05, 4.69) is 9.39 Å². The monoisotopic (exact) mass is 254 g/mol. The molecule has 1 aliphatic rings. The van der Waals surface area contributed by atoms with Crippen molar-refractivity contribution in [3.05, 3.63) is 23.3 Å². The van der Waals surface area contributed by atoms with Crippen molar-refractivity contribution in [1.29, 1.82) is 0 Å². The van der Waals surface area contributed by atoms with Gasteiger partial charge in [0.1, 0.15) is 0 Å². The highest BCUT2D eigenvalue weighted by Gasteiger charge is 2.14. The van der Waals surface area contributed by atoms with Crippen molar-refractivity contribution < 1.29 is 13.2 Å². The van der Waals surface area contributed by atoms with Gasteiger partial charge in [-0.1, -0.05) is 0 Å². The molecule has 1 aliphatic carbocycles. The lowest BCUT2D eigenvalue weighted by molar-refractivity contribution is -0.115. The molecule has 0 spiro atoms. The van der Waals surface area contributed by atoms with Crippen LogP contribution >= 0.6 is 0 Å². The Balaban J connectivity index is 3.27. The summed E-state index contributed by atoms with van der Waals surface area (Å²) >= 11 is 0. The SMILES string of the molecule is CC(=O)N=C1C=C/C(=N/S(C)(=O)=O)C(C)=C1C. The molecule has 0 atom stereocenters. The first-order chi connectivity index (χ1) is 7.70. The van der Waals surface area contributed by atoms with Crippen molar-refractivity contribution >= 4 is 27.4 Å². The van der Waals surface area contributed by atoms with Gasteiger partial charge in [-0.25, -0.2) is 13.4 Å². The van der Waals surface area contributed by atoms with Crippen LogP contribution in [-0.4, -0.2) is 32.0 Å². The van der Waals surface area contributed by atoms with Crippen molar-refractivity contribution in [2.24, 2.45) is 9.39 Å². The molecular formula is C11H14N2O3S. The zero-order valence-electron chi connectivity index (χ0n) is 10.2. The highest BCUT2D eigenvalue weighted by Crippen LogP contribution is 2.16. The molecule has 0 saturated carbocycles. The average Bonchev–Trinajstić information content (AvgIpc) is 2.15. The minimum atomic E-state index is -3.42. The molecule has 0 bridgehead atoms. The van der Waals surface area contributed by atoms with Gasteiger partial charge >= 0.3 is 0 Å². The van der Waals surface area contributed by atoms with Crippen molar-refractivity contribution in [1.82, 2.24) is 0 Å². The van der Waals surface area contributed by atoms with E-state index in [1.165, 1.54) is 6.92 Å². The summed E-state index contributed by atoms with van der Waals surface area (Å²) in [5, 5.41) is 0. The number of hydrogen-bond acceptors (Lipinski definition) is 3. The van der Waals surface area contributed by atoms with E-state index < -0.39 is 10.0 Å². The first-order valence-electron chi connectivity index (χ1n) is 4.96. The lowest BCUT2D eigenvalue weighted by atomic mass is 9.96. The van der Waals surface area contributed by atoms with Crippen LogP contribution in [0, 0.1) is 0 Å².